The van der Waals surface area contributed by atoms with Crippen LogP contribution in [0.25, 0.3) is 0 Å². The summed E-state index contributed by atoms with van der Waals surface area (Å²) in [6.07, 6.45) is 0. The number of likely N-dealkylation sites (N-methyl/N-ethyl adjacent to an activating group) is 1. The molecule has 0 saturated carbocycles. The lowest BCUT2D eigenvalue weighted by Crippen LogP contribution is -2.55. The highest BCUT2D eigenvalue weighted by atomic mass is 35.5. The molecular formula is C15H21Cl2FN4O. The first-order valence-electron chi connectivity index (χ1n) is 7.41. The van der Waals surface area contributed by atoms with Crippen molar-refractivity contribution in [1.29, 1.82) is 0 Å². The fourth-order valence-electron chi connectivity index (χ4n) is 2.33. The normalized spacial score (nSPS) is 18.0. The molecule has 2 amide bonds. The Kier molecular flexibility index (Phi) is 6.47. The van der Waals surface area contributed by atoms with Gasteiger partial charge in [0.1, 0.15) is 10.7 Å². The maximum Gasteiger partial charge on any atom is 0.329 e. The van der Waals surface area contributed by atoms with Crippen LogP contribution in [0.4, 0.5) is 9.18 Å². The number of urea groups is 1. The summed E-state index contributed by atoms with van der Waals surface area (Å²) in [6, 6.07) is 3.58. The molecule has 1 aromatic carbocycles. The van der Waals surface area contributed by atoms with E-state index in [1.807, 2.05) is 12.1 Å². The summed E-state index contributed by atoms with van der Waals surface area (Å²) in [5.41, 5.74) is 3.81. The van der Waals surface area contributed by atoms with E-state index >= 15 is 0 Å². The number of amides is 2. The average Bonchev–Trinajstić information content (AvgIpc) is 2.50. The maximum atomic E-state index is 13.7. The van der Waals surface area contributed by atoms with Crippen LogP contribution in [0, 0.1) is 12.7 Å². The number of hydrogen-bond donors (Lipinski definition) is 2. The molecule has 128 valence electrons. The Bertz CT molecular complexity index is 550. The van der Waals surface area contributed by atoms with E-state index in [1.165, 1.54) is 6.07 Å². The molecule has 0 unspecified atom stereocenters. The van der Waals surface area contributed by atoms with Gasteiger partial charge in [0.15, 0.2) is 0 Å². The minimum Gasteiger partial charge on any atom is -0.327 e. The summed E-state index contributed by atoms with van der Waals surface area (Å²) in [5.74, 6) is -0.359. The molecule has 2 N–H and O–H groups in total. The van der Waals surface area contributed by atoms with Crippen molar-refractivity contribution in [2.75, 3.05) is 33.2 Å². The van der Waals surface area contributed by atoms with Gasteiger partial charge in [0.2, 0.25) is 0 Å². The highest BCUT2D eigenvalue weighted by molar-refractivity contribution is 6.44. The maximum absolute atomic E-state index is 13.7. The van der Waals surface area contributed by atoms with Crippen molar-refractivity contribution >= 4 is 29.2 Å². The molecule has 1 fully saturated rings. The summed E-state index contributed by atoms with van der Waals surface area (Å²) >= 11 is 11.9. The van der Waals surface area contributed by atoms with Crippen LogP contribution in [0.2, 0.25) is 0 Å². The van der Waals surface area contributed by atoms with Gasteiger partial charge in [-0.2, -0.15) is 0 Å². The Morgan fingerprint density at radius 1 is 1.26 bits per heavy atom. The molecule has 0 aliphatic carbocycles. The molecule has 1 aromatic rings. The Balaban J connectivity index is 1.98. The number of nitrogens with zero attached hydrogens (tertiary/aromatic N) is 2. The van der Waals surface area contributed by atoms with Crippen LogP contribution < -0.4 is 10.7 Å². The number of rotatable bonds is 4. The monoisotopic (exact) mass is 362 g/mol. The number of alkyl halides is 2. The number of nitrogens with one attached hydrogen (secondary N) is 2. The number of halogens is 3. The lowest BCUT2D eigenvalue weighted by atomic mass is 10.1. The van der Waals surface area contributed by atoms with Gasteiger partial charge in [0, 0.05) is 26.2 Å². The number of benzene rings is 1. The van der Waals surface area contributed by atoms with Gasteiger partial charge in [-0.25, -0.2) is 14.2 Å². The molecule has 2 rings (SSSR count). The first-order valence-corrected chi connectivity index (χ1v) is 8.29. The van der Waals surface area contributed by atoms with Crippen LogP contribution in [-0.2, 0) is 0 Å². The molecule has 23 heavy (non-hydrogen) atoms. The van der Waals surface area contributed by atoms with Crippen LogP contribution in [0.1, 0.15) is 17.2 Å². The number of carbonyl (C=O) groups excluding carboxylic acids is 1. The highest BCUT2D eigenvalue weighted by Crippen LogP contribution is 2.25. The van der Waals surface area contributed by atoms with E-state index in [2.05, 4.69) is 15.6 Å². The van der Waals surface area contributed by atoms with Gasteiger partial charge < -0.3 is 10.2 Å². The zero-order chi connectivity index (χ0) is 17.0. The van der Waals surface area contributed by atoms with Gasteiger partial charge in [0.25, 0.3) is 0 Å². The van der Waals surface area contributed by atoms with E-state index in [-0.39, 0.29) is 5.82 Å². The summed E-state index contributed by atoms with van der Waals surface area (Å²) in [4.78, 5) is 13.4. The third-order valence-electron chi connectivity index (χ3n) is 3.86. The van der Waals surface area contributed by atoms with Crippen LogP contribution in [0.3, 0.4) is 0 Å². The van der Waals surface area contributed by atoms with Crippen molar-refractivity contribution < 1.29 is 9.18 Å². The first kappa shape index (κ1) is 18.3. The number of piperazine rings is 1. The Morgan fingerprint density at radius 3 is 2.48 bits per heavy atom. The van der Waals surface area contributed by atoms with Crippen molar-refractivity contribution in [3.05, 3.63) is 35.1 Å². The zero-order valence-electron chi connectivity index (χ0n) is 13.2. The fraction of sp³-hybridized carbons (Fsp3) is 0.533. The molecular weight excluding hydrogens is 342 g/mol. The van der Waals surface area contributed by atoms with E-state index in [0.29, 0.717) is 11.1 Å². The fourth-order valence-corrected chi connectivity index (χ4v) is 2.75. The second-order valence-corrected chi connectivity index (χ2v) is 6.86. The van der Waals surface area contributed by atoms with Crippen molar-refractivity contribution in [1.82, 2.24) is 20.7 Å². The summed E-state index contributed by atoms with van der Waals surface area (Å²) in [5, 5.41) is 4.53. The number of hydrazine groups is 1. The largest absolute Gasteiger partial charge is 0.329 e. The lowest BCUT2D eigenvalue weighted by molar-refractivity contribution is 0.111. The predicted octanol–water partition coefficient (Wildman–Crippen LogP) is 2.44. The van der Waals surface area contributed by atoms with Crippen LogP contribution in [0.5, 0.6) is 0 Å². The van der Waals surface area contributed by atoms with E-state index < -0.39 is 16.9 Å². The van der Waals surface area contributed by atoms with Crippen LogP contribution in [0.15, 0.2) is 18.2 Å². The van der Waals surface area contributed by atoms with Gasteiger partial charge in [-0.3, -0.25) is 5.43 Å². The SMILES string of the molecule is Cc1ccc([C@H](NC(=O)NN2CCN(C)CC2)C(Cl)Cl)cc1F. The van der Waals surface area contributed by atoms with Crippen molar-refractivity contribution in [2.24, 2.45) is 0 Å². The Labute approximate surface area is 145 Å². The van der Waals surface area contributed by atoms with Gasteiger partial charge in [0.05, 0.1) is 6.04 Å². The van der Waals surface area contributed by atoms with Gasteiger partial charge in [-0.15, -0.1) is 23.2 Å². The molecule has 8 heteroatoms. The van der Waals surface area contributed by atoms with E-state index in [9.17, 15) is 9.18 Å². The minimum atomic E-state index is -0.893. The Morgan fingerprint density at radius 2 is 1.91 bits per heavy atom. The predicted molar refractivity (Wildman–Crippen MR) is 90.1 cm³/mol. The van der Waals surface area contributed by atoms with Crippen LogP contribution in [-0.4, -0.2) is 54.0 Å². The third kappa shape index (κ3) is 5.21. The van der Waals surface area contributed by atoms with E-state index in [0.717, 1.165) is 26.2 Å². The molecule has 1 heterocycles. The van der Waals surface area contributed by atoms with Gasteiger partial charge in [-0.1, -0.05) is 12.1 Å². The topological polar surface area (TPSA) is 47.6 Å². The van der Waals surface area contributed by atoms with E-state index in [4.69, 9.17) is 23.2 Å². The molecule has 0 aromatic heterocycles. The van der Waals surface area contributed by atoms with Gasteiger partial charge in [-0.05, 0) is 31.2 Å². The molecule has 0 spiro atoms. The average molecular weight is 363 g/mol. The van der Waals surface area contributed by atoms with Crippen molar-refractivity contribution in [3.63, 3.8) is 0 Å². The summed E-state index contributed by atoms with van der Waals surface area (Å²) in [6.45, 7) is 4.89. The standard InChI is InChI=1S/C15H21Cl2FN4O/c1-10-3-4-11(9-12(10)18)13(14(16)17)19-15(23)20-22-7-5-21(2)6-8-22/h3-4,9,13-14H,5-8H2,1-2H3,(H2,19,20,23)/t13-/m0/s1. The molecule has 0 radical (unpaired) electrons. The number of aryl methyl sites for hydroxylation is 1. The molecule has 1 aliphatic heterocycles. The third-order valence-corrected chi connectivity index (χ3v) is 4.36. The summed E-state index contributed by atoms with van der Waals surface area (Å²) < 4.78 is 13.7. The highest BCUT2D eigenvalue weighted by Gasteiger charge is 2.24. The van der Waals surface area contributed by atoms with E-state index in [1.54, 1.807) is 19.1 Å². The second-order valence-electron chi connectivity index (χ2n) is 5.70. The lowest BCUT2D eigenvalue weighted by Gasteiger charge is -2.33. The van der Waals surface area contributed by atoms with Crippen LogP contribution >= 0.6 is 23.2 Å². The zero-order valence-corrected chi connectivity index (χ0v) is 14.7. The molecule has 1 saturated heterocycles. The van der Waals surface area contributed by atoms with Crippen molar-refractivity contribution in [2.45, 2.75) is 17.8 Å². The minimum absolute atomic E-state index is 0.359. The molecule has 1 atom stereocenters. The molecule has 1 aliphatic rings. The number of carbonyl (C=O) groups is 1. The second kappa shape index (κ2) is 8.15. The summed E-state index contributed by atoms with van der Waals surface area (Å²) in [7, 11) is 2.03. The Hall–Kier alpha value is -1.08. The molecule has 5 nitrogen and oxygen atoms in total. The van der Waals surface area contributed by atoms with Gasteiger partial charge >= 0.3 is 6.03 Å². The number of hydrogen-bond acceptors (Lipinski definition) is 3. The smallest absolute Gasteiger partial charge is 0.327 e. The first-order chi connectivity index (χ1) is 10.9. The molecule has 0 bridgehead atoms. The quantitative estimate of drug-likeness (QED) is 0.808. The van der Waals surface area contributed by atoms with Crippen molar-refractivity contribution in [3.8, 4) is 0 Å².